The molecule has 1 fully saturated rings. The van der Waals surface area contributed by atoms with Gasteiger partial charge in [-0.15, -0.1) is 0 Å². The Hall–Kier alpha value is -2.47. The monoisotopic (exact) mass is 310 g/mol. The van der Waals surface area contributed by atoms with E-state index in [4.69, 9.17) is 5.73 Å². The van der Waals surface area contributed by atoms with Crippen LogP contribution in [0, 0.1) is 5.92 Å². The number of nitrogens with zero attached hydrogens (tertiary/aromatic N) is 2. The number of nitrogen functional groups attached to an aromatic ring is 1. The number of anilines is 2. The molecule has 2 aromatic heterocycles. The zero-order valence-corrected chi connectivity index (χ0v) is 12.6. The molecule has 1 saturated carbocycles. The third-order valence-electron chi connectivity index (χ3n) is 3.62. The summed E-state index contributed by atoms with van der Waals surface area (Å²) in [5.74, 6) is 0.234. The van der Waals surface area contributed by atoms with Crippen molar-refractivity contribution in [3.05, 3.63) is 36.4 Å². The molecule has 0 unspecified atom stereocenters. The van der Waals surface area contributed by atoms with E-state index in [9.17, 15) is 4.79 Å². The predicted molar refractivity (Wildman–Crippen MR) is 88.6 cm³/mol. The van der Waals surface area contributed by atoms with E-state index in [1.165, 1.54) is 11.3 Å². The number of thiazole rings is 1. The molecule has 0 saturated heterocycles. The number of benzene rings is 1. The van der Waals surface area contributed by atoms with Crippen molar-refractivity contribution in [1.29, 1.82) is 0 Å². The van der Waals surface area contributed by atoms with Gasteiger partial charge in [0.05, 0.1) is 5.69 Å². The molecule has 1 aliphatic rings. The topological polar surface area (TPSA) is 80.9 Å². The number of hydrogen-bond acceptors (Lipinski definition) is 5. The molecule has 0 spiro atoms. The lowest BCUT2D eigenvalue weighted by atomic mass is 10.1. The average molecular weight is 310 g/mol. The van der Waals surface area contributed by atoms with Gasteiger partial charge in [-0.2, -0.15) is 0 Å². The lowest BCUT2D eigenvalue weighted by Gasteiger charge is -2.01. The second kappa shape index (κ2) is 5.06. The second-order valence-electron chi connectivity index (χ2n) is 5.43. The Morgan fingerprint density at radius 2 is 2.09 bits per heavy atom. The maximum atomic E-state index is 11.8. The van der Waals surface area contributed by atoms with Crippen molar-refractivity contribution in [1.82, 2.24) is 9.97 Å². The van der Waals surface area contributed by atoms with Gasteiger partial charge in [-0.3, -0.25) is 4.79 Å². The van der Waals surface area contributed by atoms with E-state index >= 15 is 0 Å². The van der Waals surface area contributed by atoms with Crippen LogP contribution in [0.1, 0.15) is 12.8 Å². The zero-order valence-electron chi connectivity index (χ0n) is 11.7. The van der Waals surface area contributed by atoms with E-state index < -0.39 is 0 Å². The van der Waals surface area contributed by atoms with Gasteiger partial charge in [0.15, 0.2) is 5.13 Å². The first-order valence-corrected chi connectivity index (χ1v) is 7.95. The molecule has 0 atom stereocenters. The zero-order chi connectivity index (χ0) is 15.1. The van der Waals surface area contributed by atoms with Crippen LogP contribution in [0.4, 0.5) is 10.8 Å². The number of nitrogens with one attached hydrogen (secondary N) is 1. The van der Waals surface area contributed by atoms with Crippen molar-refractivity contribution in [3.8, 4) is 11.3 Å². The predicted octanol–water partition coefficient (Wildman–Crippen LogP) is 3.29. The number of amides is 1. The largest absolute Gasteiger partial charge is 0.399 e. The Bertz CT molecular complexity index is 869. The summed E-state index contributed by atoms with van der Waals surface area (Å²) in [4.78, 5) is 21.6. The minimum absolute atomic E-state index is 0.0649. The van der Waals surface area contributed by atoms with Gasteiger partial charge in [-0.05, 0) is 37.1 Å². The summed E-state index contributed by atoms with van der Waals surface area (Å²) in [6.07, 6.45) is 1.96. The van der Waals surface area contributed by atoms with Crippen molar-refractivity contribution in [2.75, 3.05) is 11.1 Å². The second-order valence-corrected chi connectivity index (χ2v) is 6.41. The molecule has 5 nitrogen and oxygen atoms in total. The maximum Gasteiger partial charge on any atom is 0.229 e. The van der Waals surface area contributed by atoms with Crippen LogP contribution in [0.5, 0.6) is 0 Å². The molecule has 110 valence electrons. The smallest absolute Gasteiger partial charge is 0.229 e. The Balaban J connectivity index is 1.67. The van der Waals surface area contributed by atoms with E-state index in [1.54, 1.807) is 0 Å². The Kier molecular flexibility index (Phi) is 3.04. The molecule has 1 aromatic carbocycles. The summed E-state index contributed by atoms with van der Waals surface area (Å²) in [6.45, 7) is 0. The van der Waals surface area contributed by atoms with Crippen LogP contribution >= 0.6 is 11.3 Å². The fourth-order valence-electron chi connectivity index (χ4n) is 2.28. The Labute approximate surface area is 131 Å². The van der Waals surface area contributed by atoms with E-state index in [0.29, 0.717) is 10.8 Å². The summed E-state index contributed by atoms with van der Waals surface area (Å²) in [5, 5.41) is 3.49. The molecule has 3 aromatic rings. The first kappa shape index (κ1) is 13.2. The van der Waals surface area contributed by atoms with Crippen molar-refractivity contribution >= 4 is 38.4 Å². The van der Waals surface area contributed by atoms with Gasteiger partial charge >= 0.3 is 0 Å². The standard InChI is InChI=1S/C16H14N4OS/c17-11-3-1-2-10(8-11)12-6-7-13-15(18-12)22-16(19-13)20-14(21)9-4-5-9/h1-3,6-9H,4-5,17H2,(H,19,20,21). The first-order chi connectivity index (χ1) is 10.7. The van der Waals surface area contributed by atoms with E-state index in [1.807, 2.05) is 36.4 Å². The summed E-state index contributed by atoms with van der Waals surface area (Å²) < 4.78 is 0. The number of nitrogens with two attached hydrogens (primary N) is 1. The van der Waals surface area contributed by atoms with E-state index in [0.717, 1.165) is 34.4 Å². The highest BCUT2D eigenvalue weighted by molar-refractivity contribution is 7.22. The SMILES string of the molecule is Nc1cccc(-c2ccc3nc(NC(=O)C4CC4)sc3n2)c1. The van der Waals surface area contributed by atoms with Crippen LogP contribution in [-0.2, 0) is 4.79 Å². The van der Waals surface area contributed by atoms with Crippen LogP contribution in [-0.4, -0.2) is 15.9 Å². The number of hydrogen-bond donors (Lipinski definition) is 2. The number of carbonyl (C=O) groups is 1. The van der Waals surface area contributed by atoms with Gasteiger partial charge in [0.25, 0.3) is 0 Å². The normalized spacial score (nSPS) is 14.2. The summed E-state index contributed by atoms with van der Waals surface area (Å²) >= 11 is 1.40. The highest BCUT2D eigenvalue weighted by Gasteiger charge is 2.30. The highest BCUT2D eigenvalue weighted by atomic mass is 32.1. The quantitative estimate of drug-likeness (QED) is 0.727. The van der Waals surface area contributed by atoms with Crippen molar-refractivity contribution in [3.63, 3.8) is 0 Å². The van der Waals surface area contributed by atoms with Gasteiger partial charge < -0.3 is 11.1 Å². The number of carbonyl (C=O) groups excluding carboxylic acids is 1. The third kappa shape index (κ3) is 2.53. The van der Waals surface area contributed by atoms with Crippen molar-refractivity contribution in [2.45, 2.75) is 12.8 Å². The van der Waals surface area contributed by atoms with Gasteiger partial charge in [-0.25, -0.2) is 9.97 Å². The summed E-state index contributed by atoms with van der Waals surface area (Å²) in [7, 11) is 0. The van der Waals surface area contributed by atoms with Crippen LogP contribution in [0.25, 0.3) is 21.6 Å². The van der Waals surface area contributed by atoms with E-state index in [2.05, 4.69) is 15.3 Å². The minimum Gasteiger partial charge on any atom is -0.399 e. The molecule has 6 heteroatoms. The molecule has 1 amide bonds. The van der Waals surface area contributed by atoms with Crippen LogP contribution in [0.15, 0.2) is 36.4 Å². The molecule has 0 bridgehead atoms. The Morgan fingerprint density at radius 3 is 2.86 bits per heavy atom. The van der Waals surface area contributed by atoms with Crippen molar-refractivity contribution in [2.24, 2.45) is 5.92 Å². The molecule has 0 aliphatic heterocycles. The number of fused-ring (bicyclic) bond motifs is 1. The molecule has 1 aliphatic carbocycles. The lowest BCUT2D eigenvalue weighted by molar-refractivity contribution is -0.117. The Morgan fingerprint density at radius 1 is 1.23 bits per heavy atom. The number of pyridine rings is 1. The fraction of sp³-hybridized carbons (Fsp3) is 0.188. The summed E-state index contributed by atoms with van der Waals surface area (Å²) in [5.41, 5.74) is 9.14. The number of aromatic nitrogens is 2. The van der Waals surface area contributed by atoms with Gasteiger partial charge in [-0.1, -0.05) is 23.5 Å². The molecule has 4 rings (SSSR count). The fourth-order valence-corrected chi connectivity index (χ4v) is 3.12. The first-order valence-electron chi connectivity index (χ1n) is 7.13. The molecule has 0 radical (unpaired) electrons. The molecule has 22 heavy (non-hydrogen) atoms. The van der Waals surface area contributed by atoms with Crippen LogP contribution < -0.4 is 11.1 Å². The molecule has 3 N–H and O–H groups in total. The highest BCUT2D eigenvalue weighted by Crippen LogP contribution is 2.32. The van der Waals surface area contributed by atoms with Gasteiger partial charge in [0.1, 0.15) is 10.3 Å². The lowest BCUT2D eigenvalue weighted by Crippen LogP contribution is -2.12. The number of rotatable bonds is 3. The van der Waals surface area contributed by atoms with Crippen LogP contribution in [0.2, 0.25) is 0 Å². The average Bonchev–Trinajstić information content (AvgIpc) is 3.28. The molecule has 2 heterocycles. The third-order valence-corrected chi connectivity index (χ3v) is 4.50. The van der Waals surface area contributed by atoms with Gasteiger partial charge in [0, 0.05) is 17.2 Å². The minimum atomic E-state index is 0.0649. The van der Waals surface area contributed by atoms with Crippen molar-refractivity contribution < 1.29 is 4.79 Å². The van der Waals surface area contributed by atoms with Gasteiger partial charge in [0.2, 0.25) is 5.91 Å². The molecular weight excluding hydrogens is 296 g/mol. The summed E-state index contributed by atoms with van der Waals surface area (Å²) in [6, 6.07) is 11.5. The van der Waals surface area contributed by atoms with E-state index in [-0.39, 0.29) is 11.8 Å². The van der Waals surface area contributed by atoms with Crippen LogP contribution in [0.3, 0.4) is 0 Å². The molecular formula is C16H14N4OS. The maximum absolute atomic E-state index is 11.8.